The molecule has 2 aliphatic rings. The van der Waals surface area contributed by atoms with E-state index in [2.05, 4.69) is 15.6 Å². The average Bonchev–Trinajstić information content (AvgIpc) is 3.61. The number of hydrogen-bond acceptors (Lipinski definition) is 5. The lowest BCUT2D eigenvalue weighted by atomic mass is 10.1. The molecule has 1 saturated heterocycles. The molecule has 4 aromatic rings. The van der Waals surface area contributed by atoms with Gasteiger partial charge in [0.25, 0.3) is 5.56 Å². The number of rotatable bonds is 6. The second-order valence-electron chi connectivity index (χ2n) is 10.0. The minimum atomic E-state index is -0.736. The fourth-order valence-electron chi connectivity index (χ4n) is 4.88. The Morgan fingerprint density at radius 1 is 1.05 bits per heavy atom. The molecule has 6 rings (SSSR count). The predicted molar refractivity (Wildman–Crippen MR) is 144 cm³/mol. The fourth-order valence-corrected chi connectivity index (χ4v) is 4.88. The Hall–Kier alpha value is -4.31. The number of fused-ring (bicyclic) bond motifs is 1. The fraction of sp³-hybridized carbons (Fsp3) is 0.276. The molecular formula is C29H27F2N5O3. The van der Waals surface area contributed by atoms with Gasteiger partial charge in [0.1, 0.15) is 11.2 Å². The number of hydroxylamine groups is 2. The molecule has 0 spiro atoms. The Labute approximate surface area is 223 Å². The zero-order chi connectivity index (χ0) is 27.1. The molecule has 3 aromatic carbocycles. The maximum Gasteiger partial charge on any atom is 0.346 e. The van der Waals surface area contributed by atoms with Crippen LogP contribution >= 0.6 is 0 Å². The SMILES string of the molecule is Cc1cc(F)c(NC(=O)N2OCC[C@@H]2c2ccccc2)cc1Nc1ccc2ncn(CC3CC3)c(=O)c2c1F. The van der Waals surface area contributed by atoms with Gasteiger partial charge in [-0.1, -0.05) is 30.3 Å². The second-order valence-corrected chi connectivity index (χ2v) is 10.0. The maximum atomic E-state index is 15.6. The molecule has 0 bridgehead atoms. The Bertz CT molecular complexity index is 1620. The smallest absolute Gasteiger partial charge is 0.346 e. The van der Waals surface area contributed by atoms with Crippen LogP contribution in [0, 0.1) is 24.5 Å². The summed E-state index contributed by atoms with van der Waals surface area (Å²) in [5.74, 6) is -0.954. The third kappa shape index (κ3) is 4.95. The van der Waals surface area contributed by atoms with E-state index in [1.807, 2.05) is 30.3 Å². The molecule has 1 saturated carbocycles. The highest BCUT2D eigenvalue weighted by Crippen LogP contribution is 2.33. The summed E-state index contributed by atoms with van der Waals surface area (Å²) in [5, 5.41) is 6.65. The molecule has 2 fully saturated rings. The van der Waals surface area contributed by atoms with Crippen LogP contribution in [0.15, 0.2) is 65.7 Å². The van der Waals surface area contributed by atoms with Crippen LogP contribution in [0.4, 0.5) is 30.6 Å². The van der Waals surface area contributed by atoms with Gasteiger partial charge in [0.05, 0.1) is 35.9 Å². The molecule has 2 amide bonds. The van der Waals surface area contributed by atoms with Crippen molar-refractivity contribution in [3.8, 4) is 0 Å². The maximum absolute atomic E-state index is 15.6. The lowest BCUT2D eigenvalue weighted by Gasteiger charge is -2.23. The van der Waals surface area contributed by atoms with Crippen LogP contribution in [0.5, 0.6) is 0 Å². The second kappa shape index (κ2) is 10.1. The third-order valence-corrected chi connectivity index (χ3v) is 7.20. The van der Waals surface area contributed by atoms with Crippen LogP contribution in [0.1, 0.15) is 36.4 Å². The van der Waals surface area contributed by atoms with Crippen LogP contribution in [0.3, 0.4) is 0 Å². The zero-order valence-electron chi connectivity index (χ0n) is 21.3. The molecule has 0 radical (unpaired) electrons. The average molecular weight is 532 g/mol. The van der Waals surface area contributed by atoms with Crippen molar-refractivity contribution in [3.05, 3.63) is 94.0 Å². The zero-order valence-corrected chi connectivity index (χ0v) is 21.3. The first-order valence-corrected chi connectivity index (χ1v) is 12.9. The van der Waals surface area contributed by atoms with Gasteiger partial charge in [-0.25, -0.2) is 18.6 Å². The van der Waals surface area contributed by atoms with Crippen molar-refractivity contribution in [1.82, 2.24) is 14.6 Å². The molecule has 2 heterocycles. The quantitative estimate of drug-likeness (QED) is 0.316. The van der Waals surface area contributed by atoms with Gasteiger partial charge in [-0.3, -0.25) is 14.2 Å². The van der Waals surface area contributed by atoms with Crippen molar-refractivity contribution in [2.45, 2.75) is 38.8 Å². The van der Waals surface area contributed by atoms with Gasteiger partial charge in [0.2, 0.25) is 0 Å². The summed E-state index contributed by atoms with van der Waals surface area (Å²) in [5.41, 5.74) is 1.55. The van der Waals surface area contributed by atoms with Crippen molar-refractivity contribution < 1.29 is 18.4 Å². The van der Waals surface area contributed by atoms with Gasteiger partial charge >= 0.3 is 6.03 Å². The Morgan fingerprint density at radius 2 is 1.85 bits per heavy atom. The molecule has 2 N–H and O–H groups in total. The summed E-state index contributed by atoms with van der Waals surface area (Å²) in [6.07, 6.45) is 4.17. The molecule has 10 heteroatoms. The van der Waals surface area contributed by atoms with E-state index < -0.39 is 23.2 Å². The minimum absolute atomic E-state index is 0.0459. The summed E-state index contributed by atoms with van der Waals surface area (Å²) in [6.45, 7) is 2.54. The highest BCUT2D eigenvalue weighted by molar-refractivity contribution is 5.90. The molecule has 1 aromatic heterocycles. The first kappa shape index (κ1) is 25.0. The highest BCUT2D eigenvalue weighted by atomic mass is 19.1. The van der Waals surface area contributed by atoms with Crippen molar-refractivity contribution in [2.24, 2.45) is 5.92 Å². The first-order valence-electron chi connectivity index (χ1n) is 12.9. The number of halogens is 2. The normalized spacial score (nSPS) is 17.0. The van der Waals surface area contributed by atoms with E-state index in [0.717, 1.165) is 18.4 Å². The Morgan fingerprint density at radius 3 is 2.62 bits per heavy atom. The van der Waals surface area contributed by atoms with Gasteiger partial charge in [-0.15, -0.1) is 0 Å². The predicted octanol–water partition coefficient (Wildman–Crippen LogP) is 6.05. The van der Waals surface area contributed by atoms with Gasteiger partial charge in [-0.2, -0.15) is 5.06 Å². The number of nitrogens with one attached hydrogen (secondary N) is 2. The van der Waals surface area contributed by atoms with E-state index in [9.17, 15) is 14.0 Å². The Balaban J connectivity index is 1.27. The van der Waals surface area contributed by atoms with E-state index >= 15 is 4.39 Å². The number of carbonyl (C=O) groups is 1. The van der Waals surface area contributed by atoms with E-state index in [1.165, 1.54) is 34.2 Å². The number of aryl methyl sites for hydroxylation is 1. The van der Waals surface area contributed by atoms with E-state index in [1.54, 1.807) is 13.0 Å². The van der Waals surface area contributed by atoms with Crippen molar-refractivity contribution in [3.63, 3.8) is 0 Å². The molecule has 0 unspecified atom stereocenters. The number of nitrogens with zero attached hydrogens (tertiary/aromatic N) is 3. The minimum Gasteiger partial charge on any atom is -0.353 e. The van der Waals surface area contributed by atoms with Gasteiger partial charge < -0.3 is 10.6 Å². The number of amides is 2. The molecule has 1 atom stereocenters. The molecule has 39 heavy (non-hydrogen) atoms. The Kier molecular flexibility index (Phi) is 6.48. The van der Waals surface area contributed by atoms with Crippen LogP contribution in [-0.4, -0.2) is 27.3 Å². The lowest BCUT2D eigenvalue weighted by Crippen LogP contribution is -2.33. The summed E-state index contributed by atoms with van der Waals surface area (Å²) in [7, 11) is 0. The monoisotopic (exact) mass is 531 g/mol. The number of aromatic nitrogens is 2. The first-order chi connectivity index (χ1) is 18.9. The standard InChI is InChI=1S/C29H27F2N5O3/c1-17-13-20(30)24(34-29(38)36-25(11-12-39-36)19-5-3-2-4-6-19)14-23(17)33-22-10-9-21-26(27(22)31)28(37)35(16-32-21)15-18-7-8-18/h2-6,9-10,13-14,16,18,25,33H,7-8,11-12,15H2,1H3,(H,34,38)/t25-/m1/s1. The third-order valence-electron chi connectivity index (χ3n) is 7.20. The lowest BCUT2D eigenvalue weighted by molar-refractivity contribution is -0.0830. The van der Waals surface area contributed by atoms with Crippen LogP contribution < -0.4 is 16.2 Å². The number of anilines is 3. The summed E-state index contributed by atoms with van der Waals surface area (Å²) < 4.78 is 31.9. The molecule has 8 nitrogen and oxygen atoms in total. The number of hydrogen-bond donors (Lipinski definition) is 2. The summed E-state index contributed by atoms with van der Waals surface area (Å²) in [6, 6.07) is 14.2. The van der Waals surface area contributed by atoms with Crippen LogP contribution in [-0.2, 0) is 11.4 Å². The van der Waals surface area contributed by atoms with Gasteiger partial charge in [0.15, 0.2) is 5.82 Å². The van der Waals surface area contributed by atoms with Crippen LogP contribution in [0.25, 0.3) is 10.9 Å². The molecule has 1 aliphatic heterocycles. The van der Waals surface area contributed by atoms with Crippen molar-refractivity contribution >= 4 is 34.0 Å². The largest absolute Gasteiger partial charge is 0.353 e. The highest BCUT2D eigenvalue weighted by Gasteiger charge is 2.32. The van der Waals surface area contributed by atoms with Gasteiger partial charge in [0, 0.05) is 18.7 Å². The van der Waals surface area contributed by atoms with Gasteiger partial charge in [-0.05, 0) is 61.1 Å². The topological polar surface area (TPSA) is 88.5 Å². The molecular weight excluding hydrogens is 504 g/mol. The van der Waals surface area contributed by atoms with Crippen LogP contribution in [0.2, 0.25) is 0 Å². The summed E-state index contributed by atoms with van der Waals surface area (Å²) >= 11 is 0. The van der Waals surface area contributed by atoms with E-state index in [-0.39, 0.29) is 28.3 Å². The molecule has 1 aliphatic carbocycles. The number of carbonyl (C=O) groups excluding carboxylic acids is 1. The van der Waals surface area contributed by atoms with Crippen molar-refractivity contribution in [2.75, 3.05) is 17.2 Å². The summed E-state index contributed by atoms with van der Waals surface area (Å²) in [4.78, 5) is 35.9. The number of benzene rings is 3. The number of urea groups is 1. The van der Waals surface area contributed by atoms with Crippen molar-refractivity contribution in [1.29, 1.82) is 0 Å². The molecule has 200 valence electrons. The van der Waals surface area contributed by atoms with E-state index in [4.69, 9.17) is 4.84 Å². The van der Waals surface area contributed by atoms with E-state index in [0.29, 0.717) is 36.7 Å².